The molecular formula is C13H22ClNO. The molecule has 0 heterocycles. The topological polar surface area (TPSA) is 20.3 Å². The molecule has 2 nitrogen and oxygen atoms in total. The summed E-state index contributed by atoms with van der Waals surface area (Å²) in [6.45, 7) is 0.748. The number of hydrogen-bond acceptors (Lipinski definition) is 1. The van der Waals surface area contributed by atoms with Gasteiger partial charge in [-0.2, -0.15) is 0 Å². The monoisotopic (exact) mass is 243 g/mol. The maximum atomic E-state index is 12.2. The molecule has 0 aromatic heterocycles. The highest BCUT2D eigenvalue weighted by Gasteiger charge is 2.30. The van der Waals surface area contributed by atoms with Gasteiger partial charge in [0.05, 0.1) is 0 Å². The van der Waals surface area contributed by atoms with Gasteiger partial charge in [-0.3, -0.25) is 4.79 Å². The Morgan fingerprint density at radius 3 is 2.38 bits per heavy atom. The fraction of sp³-hybridized carbons (Fsp3) is 0.923. The molecule has 16 heavy (non-hydrogen) atoms. The largest absolute Gasteiger partial charge is 0.339 e. The van der Waals surface area contributed by atoms with E-state index in [4.69, 9.17) is 11.6 Å². The number of nitrogens with zero attached hydrogens (tertiary/aromatic N) is 1. The molecule has 0 saturated heterocycles. The molecule has 2 aliphatic carbocycles. The first-order valence-corrected chi connectivity index (χ1v) is 7.20. The van der Waals surface area contributed by atoms with E-state index >= 15 is 0 Å². The highest BCUT2D eigenvalue weighted by Crippen LogP contribution is 2.34. The average Bonchev–Trinajstić information content (AvgIpc) is 3.11. The Balaban J connectivity index is 1.88. The zero-order chi connectivity index (χ0) is 11.4. The Kier molecular flexibility index (Phi) is 4.51. The van der Waals surface area contributed by atoms with Crippen molar-refractivity contribution in [2.75, 3.05) is 12.4 Å². The van der Waals surface area contributed by atoms with E-state index in [2.05, 4.69) is 4.90 Å². The third-order valence-electron chi connectivity index (χ3n) is 3.82. The Morgan fingerprint density at radius 2 is 1.81 bits per heavy atom. The van der Waals surface area contributed by atoms with E-state index in [0.717, 1.165) is 13.0 Å². The number of hydrogen-bond donors (Lipinski definition) is 0. The maximum absolute atomic E-state index is 12.2. The molecular weight excluding hydrogens is 222 g/mol. The lowest BCUT2D eigenvalue weighted by molar-refractivity contribution is -0.134. The highest BCUT2D eigenvalue weighted by molar-refractivity contribution is 6.18. The predicted octanol–water partition coefficient (Wildman–Crippen LogP) is 3.19. The van der Waals surface area contributed by atoms with Gasteiger partial charge in [0.1, 0.15) is 0 Å². The molecule has 1 amide bonds. The van der Waals surface area contributed by atoms with Crippen LogP contribution in [0.15, 0.2) is 0 Å². The van der Waals surface area contributed by atoms with Crippen LogP contribution in [0.1, 0.15) is 51.4 Å². The summed E-state index contributed by atoms with van der Waals surface area (Å²) < 4.78 is 0. The minimum Gasteiger partial charge on any atom is -0.339 e. The van der Waals surface area contributed by atoms with E-state index in [0.29, 0.717) is 23.7 Å². The van der Waals surface area contributed by atoms with Crippen molar-refractivity contribution in [3.05, 3.63) is 0 Å². The van der Waals surface area contributed by atoms with Gasteiger partial charge in [0.25, 0.3) is 0 Å². The van der Waals surface area contributed by atoms with Crippen molar-refractivity contribution in [3.63, 3.8) is 0 Å². The summed E-state index contributed by atoms with van der Waals surface area (Å²) in [7, 11) is 0. The van der Waals surface area contributed by atoms with Gasteiger partial charge in [0.15, 0.2) is 0 Å². The second-order valence-corrected chi connectivity index (χ2v) is 5.59. The lowest BCUT2D eigenvalue weighted by Gasteiger charge is -2.34. The minimum atomic E-state index is 0.357. The Morgan fingerprint density at radius 1 is 1.12 bits per heavy atom. The lowest BCUT2D eigenvalue weighted by Crippen LogP contribution is -2.42. The van der Waals surface area contributed by atoms with Gasteiger partial charge in [0, 0.05) is 24.9 Å². The number of rotatable bonds is 5. The van der Waals surface area contributed by atoms with Crippen molar-refractivity contribution in [2.45, 2.75) is 57.4 Å². The molecule has 2 fully saturated rings. The summed E-state index contributed by atoms with van der Waals surface area (Å²) in [4.78, 5) is 14.2. The Bertz CT molecular complexity index is 234. The number of carbonyl (C=O) groups is 1. The summed E-state index contributed by atoms with van der Waals surface area (Å²) >= 11 is 5.82. The Hall–Kier alpha value is -0.240. The lowest BCUT2D eigenvalue weighted by atomic mass is 9.94. The van der Waals surface area contributed by atoms with Crippen LogP contribution in [0.4, 0.5) is 0 Å². The first-order chi connectivity index (χ1) is 7.81. The fourth-order valence-electron chi connectivity index (χ4n) is 2.68. The quantitative estimate of drug-likeness (QED) is 0.680. The molecule has 0 atom stereocenters. The molecule has 0 aliphatic heterocycles. The average molecular weight is 244 g/mol. The van der Waals surface area contributed by atoms with Gasteiger partial charge >= 0.3 is 0 Å². The maximum Gasteiger partial charge on any atom is 0.223 e. The number of amides is 1. The van der Waals surface area contributed by atoms with Gasteiger partial charge in [-0.25, -0.2) is 0 Å². The standard InChI is InChI=1S/C13H22ClNO/c14-8-9-15(12-4-2-1-3-5-12)13(16)10-11-6-7-11/h11-12H,1-10H2. The number of alkyl halides is 1. The van der Waals surface area contributed by atoms with Crippen molar-refractivity contribution in [1.29, 1.82) is 0 Å². The molecule has 0 spiro atoms. The molecule has 2 saturated carbocycles. The summed E-state index contributed by atoms with van der Waals surface area (Å²) in [5, 5.41) is 0. The van der Waals surface area contributed by atoms with Crippen LogP contribution in [0.5, 0.6) is 0 Å². The predicted molar refractivity (Wildman–Crippen MR) is 66.6 cm³/mol. The van der Waals surface area contributed by atoms with E-state index in [1.54, 1.807) is 0 Å². The molecule has 0 unspecified atom stereocenters. The summed E-state index contributed by atoms with van der Waals surface area (Å²) in [6, 6.07) is 0.485. The number of halogens is 1. The molecule has 0 radical (unpaired) electrons. The van der Waals surface area contributed by atoms with E-state index in [-0.39, 0.29) is 0 Å². The van der Waals surface area contributed by atoms with E-state index < -0.39 is 0 Å². The molecule has 0 aromatic rings. The first kappa shape index (κ1) is 12.2. The molecule has 3 heteroatoms. The van der Waals surface area contributed by atoms with Crippen molar-refractivity contribution in [3.8, 4) is 0 Å². The van der Waals surface area contributed by atoms with Gasteiger partial charge in [-0.1, -0.05) is 19.3 Å². The van der Waals surface area contributed by atoms with Gasteiger partial charge < -0.3 is 4.90 Å². The van der Waals surface area contributed by atoms with E-state index in [9.17, 15) is 4.79 Å². The van der Waals surface area contributed by atoms with Crippen molar-refractivity contribution in [2.24, 2.45) is 5.92 Å². The third kappa shape index (κ3) is 3.38. The Labute approximate surface area is 103 Å². The second kappa shape index (κ2) is 5.90. The van der Waals surface area contributed by atoms with E-state index in [1.165, 1.54) is 44.9 Å². The normalized spacial score (nSPS) is 22.1. The fourth-order valence-corrected chi connectivity index (χ4v) is 2.86. The summed E-state index contributed by atoms with van der Waals surface area (Å²) in [5.41, 5.74) is 0. The summed E-state index contributed by atoms with van der Waals surface area (Å²) in [5.74, 6) is 1.62. The van der Waals surface area contributed by atoms with Crippen molar-refractivity contribution in [1.82, 2.24) is 4.90 Å². The van der Waals surface area contributed by atoms with Crippen LogP contribution in [0, 0.1) is 5.92 Å². The van der Waals surface area contributed by atoms with Gasteiger partial charge in [0.2, 0.25) is 5.91 Å². The van der Waals surface area contributed by atoms with Crippen LogP contribution < -0.4 is 0 Å². The second-order valence-electron chi connectivity index (χ2n) is 5.22. The molecule has 2 aliphatic rings. The van der Waals surface area contributed by atoms with Crippen LogP contribution in [0.2, 0.25) is 0 Å². The smallest absolute Gasteiger partial charge is 0.223 e. The van der Waals surface area contributed by atoms with Crippen LogP contribution in [0.3, 0.4) is 0 Å². The van der Waals surface area contributed by atoms with Gasteiger partial charge in [-0.05, 0) is 31.6 Å². The van der Waals surface area contributed by atoms with Crippen LogP contribution in [0.25, 0.3) is 0 Å². The molecule has 0 aromatic carbocycles. The van der Waals surface area contributed by atoms with E-state index in [1.807, 2.05) is 0 Å². The van der Waals surface area contributed by atoms with Crippen molar-refractivity contribution < 1.29 is 4.79 Å². The molecule has 0 bridgehead atoms. The minimum absolute atomic E-state index is 0.357. The first-order valence-electron chi connectivity index (χ1n) is 6.66. The molecule has 2 rings (SSSR count). The zero-order valence-electron chi connectivity index (χ0n) is 9.96. The number of carbonyl (C=O) groups excluding carboxylic acids is 1. The van der Waals surface area contributed by atoms with Crippen LogP contribution >= 0.6 is 11.6 Å². The third-order valence-corrected chi connectivity index (χ3v) is 3.99. The highest BCUT2D eigenvalue weighted by atomic mass is 35.5. The van der Waals surface area contributed by atoms with Crippen LogP contribution in [-0.4, -0.2) is 29.3 Å². The van der Waals surface area contributed by atoms with Crippen molar-refractivity contribution >= 4 is 17.5 Å². The summed E-state index contributed by atoms with van der Waals surface area (Å²) in [6.07, 6.45) is 9.55. The zero-order valence-corrected chi connectivity index (χ0v) is 10.7. The molecule has 0 N–H and O–H groups in total. The van der Waals surface area contributed by atoms with Crippen LogP contribution in [-0.2, 0) is 4.79 Å². The molecule has 92 valence electrons. The SMILES string of the molecule is O=C(CC1CC1)N(CCCl)C1CCCCC1. The van der Waals surface area contributed by atoms with Gasteiger partial charge in [-0.15, -0.1) is 11.6 Å².